The van der Waals surface area contributed by atoms with Crippen molar-refractivity contribution in [2.24, 2.45) is 0 Å². The third kappa shape index (κ3) is 5.67. The Morgan fingerprint density at radius 2 is 2.07 bits per heavy atom. The molecule has 6 nitrogen and oxygen atoms in total. The van der Waals surface area contributed by atoms with Crippen LogP contribution in [-0.2, 0) is 14.3 Å². The lowest BCUT2D eigenvalue weighted by atomic mass is 9.94. The summed E-state index contributed by atoms with van der Waals surface area (Å²) in [5.41, 5.74) is 0.812. The highest BCUT2D eigenvalue weighted by atomic mass is 32.1. The largest absolute Gasteiger partial charge is 0.497 e. The molecule has 1 aliphatic rings. The standard InChI is InChI=1S/C22H26N2O4S/c1-16(28-20(25)12-11-17-7-6-10-19(15-17)27-2)21(26)24(22-23-13-14-29-22)18-8-4-3-5-9-18/h6-7,10-16,18H,3-5,8-9H2,1-2H3/b12-11+. The van der Waals surface area contributed by atoms with Crippen LogP contribution in [-0.4, -0.2) is 36.1 Å². The number of aromatic nitrogens is 1. The summed E-state index contributed by atoms with van der Waals surface area (Å²) in [5.74, 6) is -0.0815. The first-order valence-electron chi connectivity index (χ1n) is 9.84. The van der Waals surface area contributed by atoms with Gasteiger partial charge in [0.1, 0.15) is 5.75 Å². The smallest absolute Gasteiger partial charge is 0.331 e. The van der Waals surface area contributed by atoms with E-state index in [9.17, 15) is 9.59 Å². The molecule has 0 aliphatic heterocycles. The average molecular weight is 415 g/mol. The molecule has 7 heteroatoms. The van der Waals surface area contributed by atoms with E-state index in [1.807, 2.05) is 29.6 Å². The molecule has 1 aliphatic carbocycles. The van der Waals surface area contributed by atoms with Gasteiger partial charge in [0.05, 0.1) is 7.11 Å². The number of rotatable bonds is 7. The lowest BCUT2D eigenvalue weighted by Crippen LogP contribution is -2.47. The van der Waals surface area contributed by atoms with Gasteiger partial charge < -0.3 is 9.47 Å². The molecule has 0 N–H and O–H groups in total. The quantitative estimate of drug-likeness (QED) is 0.494. The molecule has 0 saturated heterocycles. The number of nitrogens with zero attached hydrogens (tertiary/aromatic N) is 2. The molecule has 1 aromatic carbocycles. The van der Waals surface area contributed by atoms with Gasteiger partial charge in [-0.2, -0.15) is 0 Å². The number of carbonyl (C=O) groups is 2. The number of benzene rings is 1. The number of anilines is 1. The van der Waals surface area contributed by atoms with Gasteiger partial charge >= 0.3 is 5.97 Å². The lowest BCUT2D eigenvalue weighted by molar-refractivity contribution is -0.149. The van der Waals surface area contributed by atoms with Crippen molar-refractivity contribution >= 4 is 34.4 Å². The zero-order chi connectivity index (χ0) is 20.6. The third-order valence-electron chi connectivity index (χ3n) is 4.95. The van der Waals surface area contributed by atoms with Gasteiger partial charge in [-0.1, -0.05) is 31.4 Å². The van der Waals surface area contributed by atoms with E-state index >= 15 is 0 Å². The fraction of sp³-hybridized carbons (Fsp3) is 0.409. The molecule has 1 saturated carbocycles. The van der Waals surface area contributed by atoms with Crippen LogP contribution in [0.2, 0.25) is 0 Å². The maximum atomic E-state index is 13.1. The second-order valence-corrected chi connectivity index (χ2v) is 7.88. The van der Waals surface area contributed by atoms with Crippen LogP contribution in [0.15, 0.2) is 41.9 Å². The van der Waals surface area contributed by atoms with Gasteiger partial charge in [-0.15, -0.1) is 11.3 Å². The topological polar surface area (TPSA) is 68.7 Å². The molecule has 29 heavy (non-hydrogen) atoms. The maximum Gasteiger partial charge on any atom is 0.331 e. The van der Waals surface area contributed by atoms with Crippen LogP contribution < -0.4 is 9.64 Å². The van der Waals surface area contributed by atoms with Gasteiger partial charge in [-0.3, -0.25) is 9.69 Å². The Morgan fingerprint density at radius 1 is 1.28 bits per heavy atom. The molecule has 1 amide bonds. The lowest BCUT2D eigenvalue weighted by Gasteiger charge is -2.33. The van der Waals surface area contributed by atoms with E-state index in [-0.39, 0.29) is 11.9 Å². The number of hydrogen-bond donors (Lipinski definition) is 0. The van der Waals surface area contributed by atoms with Crippen LogP contribution in [0, 0.1) is 0 Å². The zero-order valence-corrected chi connectivity index (χ0v) is 17.6. The molecule has 1 heterocycles. The van der Waals surface area contributed by atoms with E-state index in [1.54, 1.807) is 31.2 Å². The van der Waals surface area contributed by atoms with Crippen LogP contribution in [0.3, 0.4) is 0 Å². The fourth-order valence-corrected chi connectivity index (χ4v) is 4.19. The Labute approximate surface area is 175 Å². The number of hydrogen-bond acceptors (Lipinski definition) is 6. The zero-order valence-electron chi connectivity index (χ0n) is 16.7. The SMILES string of the molecule is COc1cccc(/C=C/C(=O)OC(C)C(=O)N(c2nccs2)C2CCCCC2)c1. The van der Waals surface area contributed by atoms with Crippen molar-refractivity contribution in [1.29, 1.82) is 0 Å². The highest BCUT2D eigenvalue weighted by Gasteiger charge is 2.32. The molecule has 0 bridgehead atoms. The van der Waals surface area contributed by atoms with Crippen molar-refractivity contribution in [2.45, 2.75) is 51.2 Å². The molecule has 1 fully saturated rings. The minimum Gasteiger partial charge on any atom is -0.497 e. The second kappa shape index (κ2) is 10.2. The molecular formula is C22H26N2O4S. The van der Waals surface area contributed by atoms with E-state index in [0.29, 0.717) is 10.9 Å². The summed E-state index contributed by atoms with van der Waals surface area (Å²) >= 11 is 1.43. The summed E-state index contributed by atoms with van der Waals surface area (Å²) in [6.07, 6.45) is 9.04. The number of methoxy groups -OCH3 is 1. The predicted molar refractivity (Wildman–Crippen MR) is 114 cm³/mol. The summed E-state index contributed by atoms with van der Waals surface area (Å²) < 4.78 is 10.6. The highest BCUT2D eigenvalue weighted by Crippen LogP contribution is 2.29. The number of carbonyl (C=O) groups excluding carboxylic acids is 2. The molecule has 3 rings (SSSR count). The van der Waals surface area contributed by atoms with E-state index in [4.69, 9.17) is 9.47 Å². The minimum atomic E-state index is -0.886. The van der Waals surface area contributed by atoms with Crippen LogP contribution >= 0.6 is 11.3 Å². The van der Waals surface area contributed by atoms with Crippen LogP contribution in [0.5, 0.6) is 5.75 Å². The number of amides is 1. The molecule has 0 radical (unpaired) electrons. The number of thiazole rings is 1. The third-order valence-corrected chi connectivity index (χ3v) is 5.72. The minimum absolute atomic E-state index is 0.107. The summed E-state index contributed by atoms with van der Waals surface area (Å²) in [4.78, 5) is 31.4. The Balaban J connectivity index is 1.65. The number of esters is 1. The van der Waals surface area contributed by atoms with Gasteiger partial charge in [0.15, 0.2) is 11.2 Å². The maximum absolute atomic E-state index is 13.1. The molecule has 1 atom stereocenters. The first-order chi connectivity index (χ1) is 14.1. The Bertz CT molecular complexity index is 844. The van der Waals surface area contributed by atoms with Crippen molar-refractivity contribution in [3.8, 4) is 5.75 Å². The normalized spacial score (nSPS) is 15.8. The summed E-state index contributed by atoms with van der Waals surface area (Å²) in [6, 6.07) is 7.44. The predicted octanol–water partition coefficient (Wildman–Crippen LogP) is 4.46. The average Bonchev–Trinajstić information content (AvgIpc) is 3.27. The van der Waals surface area contributed by atoms with E-state index in [1.165, 1.54) is 23.8 Å². The van der Waals surface area contributed by atoms with Crippen molar-refractivity contribution < 1.29 is 19.1 Å². The Kier molecular flexibility index (Phi) is 7.41. The van der Waals surface area contributed by atoms with Crippen molar-refractivity contribution in [3.63, 3.8) is 0 Å². The molecular weight excluding hydrogens is 388 g/mol. The van der Waals surface area contributed by atoms with Gasteiger partial charge in [0, 0.05) is 23.7 Å². The number of ether oxygens (including phenoxy) is 2. The van der Waals surface area contributed by atoms with Gasteiger partial charge in [-0.25, -0.2) is 9.78 Å². The van der Waals surface area contributed by atoms with Crippen molar-refractivity contribution in [2.75, 3.05) is 12.0 Å². The molecule has 0 spiro atoms. The van der Waals surface area contributed by atoms with E-state index in [2.05, 4.69) is 4.98 Å². The van der Waals surface area contributed by atoms with Gasteiger partial charge in [0.2, 0.25) is 0 Å². The summed E-state index contributed by atoms with van der Waals surface area (Å²) in [7, 11) is 1.59. The van der Waals surface area contributed by atoms with Crippen LogP contribution in [0.4, 0.5) is 5.13 Å². The molecule has 154 valence electrons. The molecule has 2 aromatic rings. The van der Waals surface area contributed by atoms with E-state index < -0.39 is 12.1 Å². The highest BCUT2D eigenvalue weighted by molar-refractivity contribution is 7.13. The molecule has 1 aromatic heterocycles. The summed E-state index contributed by atoms with van der Waals surface area (Å²) in [5, 5.41) is 2.52. The van der Waals surface area contributed by atoms with Crippen LogP contribution in [0.1, 0.15) is 44.6 Å². The second-order valence-electron chi connectivity index (χ2n) is 7.00. The van der Waals surface area contributed by atoms with Gasteiger partial charge in [0.25, 0.3) is 5.91 Å². The first kappa shape index (κ1) is 21.0. The van der Waals surface area contributed by atoms with Crippen molar-refractivity contribution in [3.05, 3.63) is 47.5 Å². The van der Waals surface area contributed by atoms with E-state index in [0.717, 1.165) is 31.2 Å². The van der Waals surface area contributed by atoms with Crippen molar-refractivity contribution in [1.82, 2.24) is 4.98 Å². The summed E-state index contributed by atoms with van der Waals surface area (Å²) in [6.45, 7) is 1.61. The Hall–Kier alpha value is -2.67. The molecule has 1 unspecified atom stereocenters. The monoisotopic (exact) mass is 414 g/mol. The Morgan fingerprint density at radius 3 is 2.76 bits per heavy atom. The van der Waals surface area contributed by atoms with Gasteiger partial charge in [-0.05, 0) is 43.5 Å². The van der Waals surface area contributed by atoms with Crippen LogP contribution in [0.25, 0.3) is 6.08 Å². The first-order valence-corrected chi connectivity index (χ1v) is 10.7. The fourth-order valence-electron chi connectivity index (χ4n) is 3.47.